The first-order valence-corrected chi connectivity index (χ1v) is 12.6. The second-order valence-electron chi connectivity index (χ2n) is 9.80. The molecule has 0 radical (unpaired) electrons. The molecule has 0 aliphatic carbocycles. The molecule has 0 saturated carbocycles. The van der Waals surface area contributed by atoms with E-state index in [1.54, 1.807) is 4.90 Å². The van der Waals surface area contributed by atoms with Crippen LogP contribution in [0.15, 0.2) is 84.9 Å². The monoisotopic (exact) mass is 489 g/mol. The van der Waals surface area contributed by atoms with E-state index in [0.29, 0.717) is 12.0 Å². The minimum atomic E-state index is -0.673. The maximum absolute atomic E-state index is 13.4. The molecule has 6 nitrogen and oxygen atoms in total. The van der Waals surface area contributed by atoms with Crippen molar-refractivity contribution >= 4 is 39.9 Å². The summed E-state index contributed by atoms with van der Waals surface area (Å²) in [7, 11) is 2.09. The predicted octanol–water partition coefficient (Wildman–Crippen LogP) is 4.83. The van der Waals surface area contributed by atoms with Gasteiger partial charge in [0.05, 0.1) is 5.69 Å². The summed E-state index contributed by atoms with van der Waals surface area (Å²) in [4.78, 5) is 41.4. The number of rotatable bonds is 6. The van der Waals surface area contributed by atoms with Crippen LogP contribution < -0.4 is 15.1 Å². The Hall–Kier alpha value is -4.45. The first-order chi connectivity index (χ1) is 18.0. The lowest BCUT2D eigenvalue weighted by atomic mass is 9.95. The Morgan fingerprint density at radius 3 is 2.38 bits per heavy atom. The number of anilines is 2. The molecule has 1 atom stereocenters. The van der Waals surface area contributed by atoms with Crippen LogP contribution in [0, 0.1) is 0 Å². The van der Waals surface area contributed by atoms with Gasteiger partial charge in [0.2, 0.25) is 11.8 Å². The van der Waals surface area contributed by atoms with E-state index in [1.807, 2.05) is 42.5 Å². The number of carbonyl (C=O) groups is 3. The van der Waals surface area contributed by atoms with Crippen LogP contribution in [0.4, 0.5) is 11.4 Å². The number of amides is 3. The van der Waals surface area contributed by atoms with E-state index in [-0.39, 0.29) is 18.2 Å². The van der Waals surface area contributed by atoms with Crippen LogP contribution in [0.1, 0.15) is 39.9 Å². The number of nitrogens with one attached hydrogen (secondary N) is 1. The number of carbonyl (C=O) groups excluding carboxylic acids is 3. The molecule has 6 rings (SSSR count). The van der Waals surface area contributed by atoms with Crippen molar-refractivity contribution in [3.8, 4) is 0 Å². The van der Waals surface area contributed by atoms with Gasteiger partial charge >= 0.3 is 0 Å². The van der Waals surface area contributed by atoms with Gasteiger partial charge < -0.3 is 4.90 Å². The fraction of sp³-hybridized carbons (Fsp3) is 0.194. The zero-order chi connectivity index (χ0) is 25.5. The molecule has 0 bridgehead atoms. The topological polar surface area (TPSA) is 69.7 Å². The summed E-state index contributed by atoms with van der Waals surface area (Å²) in [6.45, 7) is 0.823. The van der Waals surface area contributed by atoms with Crippen molar-refractivity contribution in [2.75, 3.05) is 16.8 Å². The molecular formula is C31H27N3O3. The molecule has 1 saturated heterocycles. The van der Waals surface area contributed by atoms with Gasteiger partial charge in [-0.25, -0.2) is 0 Å². The highest BCUT2D eigenvalue weighted by Crippen LogP contribution is 2.41. The minimum absolute atomic E-state index is 0.181. The molecule has 3 amide bonds. The summed E-state index contributed by atoms with van der Waals surface area (Å²) in [5.74, 6) is -0.879. The van der Waals surface area contributed by atoms with Crippen molar-refractivity contribution in [2.45, 2.75) is 31.8 Å². The van der Waals surface area contributed by atoms with Gasteiger partial charge in [-0.05, 0) is 59.2 Å². The van der Waals surface area contributed by atoms with E-state index in [2.05, 4.69) is 59.7 Å². The van der Waals surface area contributed by atoms with E-state index in [1.165, 1.54) is 16.8 Å². The molecule has 2 aliphatic heterocycles. The fourth-order valence-corrected chi connectivity index (χ4v) is 5.49. The Bertz CT molecular complexity index is 1530. The molecule has 4 aromatic rings. The van der Waals surface area contributed by atoms with Crippen LogP contribution in [-0.4, -0.2) is 30.8 Å². The maximum Gasteiger partial charge on any atom is 0.259 e. The van der Waals surface area contributed by atoms with Crippen LogP contribution in [0.5, 0.6) is 0 Å². The summed E-state index contributed by atoms with van der Waals surface area (Å²) >= 11 is 0. The molecule has 2 heterocycles. The quantitative estimate of drug-likeness (QED) is 0.394. The van der Waals surface area contributed by atoms with Gasteiger partial charge in [-0.2, -0.15) is 0 Å². The highest BCUT2D eigenvalue weighted by molar-refractivity contribution is 6.27. The van der Waals surface area contributed by atoms with Crippen LogP contribution in [0.25, 0.3) is 10.8 Å². The van der Waals surface area contributed by atoms with Gasteiger partial charge in [0, 0.05) is 36.7 Å². The van der Waals surface area contributed by atoms with Crippen LogP contribution in [-0.2, 0) is 22.6 Å². The molecule has 6 heteroatoms. The van der Waals surface area contributed by atoms with Gasteiger partial charge in [0.1, 0.15) is 6.04 Å². The smallest absolute Gasteiger partial charge is 0.259 e. The molecule has 2 aliphatic rings. The Labute approximate surface area is 215 Å². The first-order valence-electron chi connectivity index (χ1n) is 12.6. The second kappa shape index (κ2) is 9.21. The molecule has 0 aromatic heterocycles. The molecule has 184 valence electrons. The third-order valence-corrected chi connectivity index (χ3v) is 7.37. The molecule has 4 aromatic carbocycles. The lowest BCUT2D eigenvalue weighted by Gasteiger charge is -2.30. The maximum atomic E-state index is 13.4. The number of hydrogen-bond donors (Lipinski definition) is 1. The zero-order valence-electron chi connectivity index (χ0n) is 20.6. The summed E-state index contributed by atoms with van der Waals surface area (Å²) in [6.07, 6.45) is 1.30. The zero-order valence-corrected chi connectivity index (χ0v) is 20.6. The number of nitrogens with zero attached hydrogens (tertiary/aromatic N) is 2. The summed E-state index contributed by atoms with van der Waals surface area (Å²) in [5.41, 5.74) is 6.10. The highest BCUT2D eigenvalue weighted by Gasteiger charge is 2.40. The van der Waals surface area contributed by atoms with Gasteiger partial charge in [-0.1, -0.05) is 60.7 Å². The summed E-state index contributed by atoms with van der Waals surface area (Å²) in [5, 5.41) is 4.28. The van der Waals surface area contributed by atoms with E-state index in [9.17, 15) is 14.4 Å². The summed E-state index contributed by atoms with van der Waals surface area (Å²) < 4.78 is 0. The molecule has 0 spiro atoms. The van der Waals surface area contributed by atoms with Crippen molar-refractivity contribution in [3.05, 3.63) is 107 Å². The number of imide groups is 1. The lowest BCUT2D eigenvalue weighted by molar-refractivity contribution is -0.134. The van der Waals surface area contributed by atoms with E-state index in [4.69, 9.17) is 0 Å². The van der Waals surface area contributed by atoms with Gasteiger partial charge in [0.25, 0.3) is 5.91 Å². The Morgan fingerprint density at radius 1 is 0.865 bits per heavy atom. The average Bonchev–Trinajstić information content (AvgIpc) is 3.20. The van der Waals surface area contributed by atoms with Crippen molar-refractivity contribution in [3.63, 3.8) is 0 Å². The molecule has 1 unspecified atom stereocenters. The standard InChI is InChI=1S/C31H27N3O3/c1-33(23-6-3-2-4-7-23)19-21-12-10-20(11-13-21)18-22-14-15-26-29-24(22)8-5-9-25(29)31(37)34(26)27-16-17-28(35)32-30(27)36/h2-15,27H,16-19H2,1H3,(H,32,35,36). The average molecular weight is 490 g/mol. The van der Waals surface area contributed by atoms with E-state index >= 15 is 0 Å². The van der Waals surface area contributed by atoms with Gasteiger partial charge in [-0.3, -0.25) is 24.6 Å². The number of hydrogen-bond acceptors (Lipinski definition) is 4. The fourth-order valence-electron chi connectivity index (χ4n) is 5.49. The molecule has 37 heavy (non-hydrogen) atoms. The molecule has 1 fully saturated rings. The number of piperidine rings is 1. The Balaban J connectivity index is 1.26. The van der Waals surface area contributed by atoms with E-state index in [0.717, 1.165) is 35.0 Å². The lowest BCUT2D eigenvalue weighted by Crippen LogP contribution is -2.53. The van der Waals surface area contributed by atoms with Crippen molar-refractivity contribution in [1.29, 1.82) is 0 Å². The number of para-hydroxylation sites is 1. The molecular weight excluding hydrogens is 462 g/mol. The van der Waals surface area contributed by atoms with Crippen LogP contribution in [0.3, 0.4) is 0 Å². The highest BCUT2D eigenvalue weighted by atomic mass is 16.2. The van der Waals surface area contributed by atoms with Crippen molar-refractivity contribution in [1.82, 2.24) is 5.32 Å². The SMILES string of the molecule is CN(Cc1ccc(Cc2ccc3c4c(cccc24)C(=O)N3C2CCC(=O)NC2=O)cc1)c1ccccc1. The Kier molecular flexibility index (Phi) is 5.72. The minimum Gasteiger partial charge on any atom is -0.370 e. The van der Waals surface area contributed by atoms with Crippen LogP contribution in [0.2, 0.25) is 0 Å². The predicted molar refractivity (Wildman–Crippen MR) is 145 cm³/mol. The summed E-state index contributed by atoms with van der Waals surface area (Å²) in [6, 6.07) is 28.1. The Morgan fingerprint density at radius 2 is 1.62 bits per heavy atom. The third-order valence-electron chi connectivity index (χ3n) is 7.37. The van der Waals surface area contributed by atoms with Gasteiger partial charge in [0.15, 0.2) is 0 Å². The van der Waals surface area contributed by atoms with Crippen molar-refractivity contribution in [2.24, 2.45) is 0 Å². The largest absolute Gasteiger partial charge is 0.370 e. The molecule has 1 N–H and O–H groups in total. The second-order valence-corrected chi connectivity index (χ2v) is 9.80. The van der Waals surface area contributed by atoms with Gasteiger partial charge in [-0.15, -0.1) is 0 Å². The normalized spacial score (nSPS) is 16.8. The first kappa shape index (κ1) is 23.0. The van der Waals surface area contributed by atoms with E-state index < -0.39 is 11.9 Å². The number of benzene rings is 4. The van der Waals surface area contributed by atoms with Crippen LogP contribution >= 0.6 is 0 Å². The third kappa shape index (κ3) is 4.14. The van der Waals surface area contributed by atoms with Crippen molar-refractivity contribution < 1.29 is 14.4 Å².